The smallest absolute Gasteiger partial charge is 0.222 e. The summed E-state index contributed by atoms with van der Waals surface area (Å²) in [7, 11) is 6.15. The third-order valence-corrected chi connectivity index (χ3v) is 3.42. The zero-order valence-corrected chi connectivity index (χ0v) is 10.8. The first-order valence-corrected chi connectivity index (χ1v) is 6.12. The number of hydrogen-bond acceptors (Lipinski definition) is 5. The van der Waals surface area contributed by atoms with E-state index in [0.717, 1.165) is 18.8 Å². The van der Waals surface area contributed by atoms with Crippen molar-refractivity contribution in [3.63, 3.8) is 0 Å². The predicted octanol–water partition coefficient (Wildman–Crippen LogP) is 1.05. The summed E-state index contributed by atoms with van der Waals surface area (Å²) in [6.07, 6.45) is 6.21. The first-order chi connectivity index (χ1) is 8.20. The summed E-state index contributed by atoms with van der Waals surface area (Å²) >= 11 is 0. The summed E-state index contributed by atoms with van der Waals surface area (Å²) < 4.78 is 0. The van der Waals surface area contributed by atoms with E-state index in [1.54, 1.807) is 0 Å². The van der Waals surface area contributed by atoms with Gasteiger partial charge in [0.05, 0.1) is 18.1 Å². The van der Waals surface area contributed by atoms with Crippen LogP contribution < -0.4 is 10.2 Å². The zero-order chi connectivity index (χ0) is 12.3. The van der Waals surface area contributed by atoms with Crippen LogP contribution in [0.4, 0.5) is 11.6 Å². The van der Waals surface area contributed by atoms with E-state index in [9.17, 15) is 0 Å². The SMILES string of the molecule is CNc1ncc(N2CCC(N(C)C)CC2)cn1. The highest BCUT2D eigenvalue weighted by Gasteiger charge is 2.20. The van der Waals surface area contributed by atoms with Gasteiger partial charge >= 0.3 is 0 Å². The van der Waals surface area contributed by atoms with E-state index in [0.29, 0.717) is 12.0 Å². The molecule has 0 bridgehead atoms. The molecule has 0 spiro atoms. The zero-order valence-electron chi connectivity index (χ0n) is 10.8. The van der Waals surface area contributed by atoms with E-state index in [-0.39, 0.29) is 0 Å². The van der Waals surface area contributed by atoms with Crippen LogP contribution in [0.3, 0.4) is 0 Å². The van der Waals surface area contributed by atoms with Gasteiger partial charge in [-0.15, -0.1) is 0 Å². The summed E-state index contributed by atoms with van der Waals surface area (Å²) in [5, 5.41) is 2.93. The molecule has 5 heteroatoms. The van der Waals surface area contributed by atoms with Crippen LogP contribution in [0.5, 0.6) is 0 Å². The van der Waals surface area contributed by atoms with Crippen LogP contribution in [0.25, 0.3) is 0 Å². The molecule has 2 rings (SSSR count). The minimum absolute atomic E-state index is 0.678. The van der Waals surface area contributed by atoms with Gasteiger partial charge < -0.3 is 15.1 Å². The third kappa shape index (κ3) is 2.85. The molecule has 0 aliphatic carbocycles. The van der Waals surface area contributed by atoms with Crippen molar-refractivity contribution in [2.75, 3.05) is 44.4 Å². The highest BCUT2D eigenvalue weighted by Crippen LogP contribution is 2.20. The van der Waals surface area contributed by atoms with E-state index in [1.807, 2.05) is 19.4 Å². The lowest BCUT2D eigenvalue weighted by Crippen LogP contribution is -2.42. The number of nitrogens with one attached hydrogen (secondary N) is 1. The standard InChI is InChI=1S/C12H21N5/c1-13-12-14-8-11(9-15-12)17-6-4-10(5-7-17)16(2)3/h8-10H,4-7H2,1-3H3,(H,13,14,15). The van der Waals surface area contributed by atoms with Crippen molar-refractivity contribution < 1.29 is 0 Å². The molecule has 1 N–H and O–H groups in total. The van der Waals surface area contributed by atoms with E-state index >= 15 is 0 Å². The number of piperidine rings is 1. The van der Waals surface area contributed by atoms with E-state index < -0.39 is 0 Å². The maximum atomic E-state index is 4.25. The number of nitrogens with zero attached hydrogens (tertiary/aromatic N) is 4. The molecule has 1 aliphatic rings. The average molecular weight is 235 g/mol. The van der Waals surface area contributed by atoms with Crippen LogP contribution in [-0.2, 0) is 0 Å². The van der Waals surface area contributed by atoms with Crippen molar-refractivity contribution in [3.8, 4) is 0 Å². The molecule has 0 saturated carbocycles. The Morgan fingerprint density at radius 1 is 1.24 bits per heavy atom. The molecule has 94 valence electrons. The summed E-state index contributed by atoms with van der Waals surface area (Å²) in [6.45, 7) is 2.18. The minimum atomic E-state index is 0.678. The maximum absolute atomic E-state index is 4.25. The molecule has 1 saturated heterocycles. The fraction of sp³-hybridized carbons (Fsp3) is 0.667. The van der Waals surface area contributed by atoms with Gasteiger partial charge in [-0.05, 0) is 26.9 Å². The Morgan fingerprint density at radius 2 is 1.82 bits per heavy atom. The van der Waals surface area contributed by atoms with Gasteiger partial charge in [0, 0.05) is 26.2 Å². The lowest BCUT2D eigenvalue weighted by molar-refractivity contribution is 0.249. The first kappa shape index (κ1) is 12.1. The largest absolute Gasteiger partial charge is 0.369 e. The highest BCUT2D eigenvalue weighted by molar-refractivity contribution is 5.44. The Morgan fingerprint density at radius 3 is 2.29 bits per heavy atom. The quantitative estimate of drug-likeness (QED) is 0.848. The fourth-order valence-corrected chi connectivity index (χ4v) is 2.25. The second kappa shape index (κ2) is 5.31. The van der Waals surface area contributed by atoms with Crippen molar-refractivity contribution in [1.29, 1.82) is 0 Å². The van der Waals surface area contributed by atoms with E-state index in [4.69, 9.17) is 0 Å². The summed E-state index contributed by atoms with van der Waals surface area (Å²) in [5.74, 6) is 0.678. The highest BCUT2D eigenvalue weighted by atomic mass is 15.2. The molecule has 1 aliphatic heterocycles. The van der Waals surface area contributed by atoms with Crippen LogP contribution in [0.1, 0.15) is 12.8 Å². The monoisotopic (exact) mass is 235 g/mol. The fourth-order valence-electron chi connectivity index (χ4n) is 2.25. The van der Waals surface area contributed by atoms with Crippen molar-refractivity contribution in [1.82, 2.24) is 14.9 Å². The lowest BCUT2D eigenvalue weighted by Gasteiger charge is -2.36. The van der Waals surface area contributed by atoms with Crippen molar-refractivity contribution in [3.05, 3.63) is 12.4 Å². The molecule has 2 heterocycles. The average Bonchev–Trinajstić information content (AvgIpc) is 2.39. The Kier molecular flexibility index (Phi) is 3.78. The first-order valence-electron chi connectivity index (χ1n) is 6.12. The second-order valence-corrected chi connectivity index (χ2v) is 4.70. The van der Waals surface area contributed by atoms with Gasteiger partial charge in [0.25, 0.3) is 0 Å². The van der Waals surface area contributed by atoms with Crippen LogP contribution >= 0.6 is 0 Å². The summed E-state index contributed by atoms with van der Waals surface area (Å²) in [6, 6.07) is 0.712. The number of hydrogen-bond donors (Lipinski definition) is 1. The Balaban J connectivity index is 1.95. The predicted molar refractivity (Wildman–Crippen MR) is 70.5 cm³/mol. The molecule has 0 radical (unpaired) electrons. The number of rotatable bonds is 3. The van der Waals surface area contributed by atoms with Crippen molar-refractivity contribution in [2.24, 2.45) is 0 Å². The molecule has 0 unspecified atom stereocenters. The molecule has 0 aromatic carbocycles. The topological polar surface area (TPSA) is 44.3 Å². The molecule has 0 amide bonds. The van der Waals surface area contributed by atoms with Gasteiger partial charge in [0.2, 0.25) is 5.95 Å². The normalized spacial score (nSPS) is 17.5. The Labute approximate surface area is 103 Å². The Bertz CT molecular complexity index is 340. The summed E-state index contributed by atoms with van der Waals surface area (Å²) in [5.41, 5.74) is 1.13. The number of anilines is 2. The number of aromatic nitrogens is 2. The van der Waals surface area contributed by atoms with Crippen LogP contribution in [0.2, 0.25) is 0 Å². The van der Waals surface area contributed by atoms with Gasteiger partial charge in [-0.1, -0.05) is 0 Å². The molecule has 0 atom stereocenters. The van der Waals surface area contributed by atoms with Crippen LogP contribution in [-0.4, -0.2) is 55.1 Å². The molecule has 1 aromatic heterocycles. The molecule has 17 heavy (non-hydrogen) atoms. The van der Waals surface area contributed by atoms with Crippen LogP contribution in [0.15, 0.2) is 12.4 Å². The van der Waals surface area contributed by atoms with Gasteiger partial charge in [-0.3, -0.25) is 0 Å². The van der Waals surface area contributed by atoms with Gasteiger partial charge in [-0.2, -0.15) is 0 Å². The third-order valence-electron chi connectivity index (χ3n) is 3.42. The lowest BCUT2D eigenvalue weighted by atomic mass is 10.0. The van der Waals surface area contributed by atoms with Crippen LogP contribution in [0, 0.1) is 0 Å². The molecule has 5 nitrogen and oxygen atoms in total. The van der Waals surface area contributed by atoms with E-state index in [1.165, 1.54) is 12.8 Å². The molecule has 1 fully saturated rings. The molecular weight excluding hydrogens is 214 g/mol. The van der Waals surface area contributed by atoms with E-state index in [2.05, 4.69) is 39.2 Å². The Hall–Kier alpha value is -1.36. The van der Waals surface area contributed by atoms with Crippen molar-refractivity contribution >= 4 is 11.6 Å². The minimum Gasteiger partial charge on any atom is -0.369 e. The molecule has 1 aromatic rings. The van der Waals surface area contributed by atoms with Gasteiger partial charge in [-0.25, -0.2) is 9.97 Å². The molecular formula is C12H21N5. The van der Waals surface area contributed by atoms with Gasteiger partial charge in [0.1, 0.15) is 0 Å². The van der Waals surface area contributed by atoms with Gasteiger partial charge in [0.15, 0.2) is 0 Å². The second-order valence-electron chi connectivity index (χ2n) is 4.70. The maximum Gasteiger partial charge on any atom is 0.222 e. The summed E-state index contributed by atoms with van der Waals surface area (Å²) in [4.78, 5) is 13.2. The van der Waals surface area contributed by atoms with Crippen molar-refractivity contribution in [2.45, 2.75) is 18.9 Å².